The maximum Gasteiger partial charge on any atom is 0.275 e. The van der Waals surface area contributed by atoms with Gasteiger partial charge in [-0.25, -0.2) is 0 Å². The average molecular weight is 442 g/mol. The van der Waals surface area contributed by atoms with Crippen molar-refractivity contribution in [3.8, 4) is 16.8 Å². The molecule has 1 fully saturated rings. The van der Waals surface area contributed by atoms with Gasteiger partial charge in [0.15, 0.2) is 0 Å². The smallest absolute Gasteiger partial charge is 0.275 e. The first-order valence-corrected chi connectivity index (χ1v) is 11.7. The molecule has 2 aromatic carbocycles. The highest BCUT2D eigenvalue weighted by Gasteiger charge is 2.24. The van der Waals surface area contributed by atoms with E-state index in [-0.39, 0.29) is 17.2 Å². The zero-order valence-corrected chi connectivity index (χ0v) is 18.0. The Morgan fingerprint density at radius 3 is 2.50 bits per heavy atom. The molecule has 0 spiro atoms. The fraction of sp³-hybridized carbons (Fsp3) is 0.304. The van der Waals surface area contributed by atoms with Crippen LogP contribution in [0.15, 0.2) is 59.5 Å². The molecule has 0 radical (unpaired) electrons. The van der Waals surface area contributed by atoms with Gasteiger partial charge in [-0.15, -0.1) is 0 Å². The lowest BCUT2D eigenvalue weighted by atomic mass is 9.82. The highest BCUT2D eigenvalue weighted by Crippen LogP contribution is 2.36. The lowest BCUT2D eigenvalue weighted by Crippen LogP contribution is -2.28. The van der Waals surface area contributed by atoms with E-state index >= 15 is 0 Å². The van der Waals surface area contributed by atoms with Crippen LogP contribution in [-0.2, 0) is 16.8 Å². The lowest BCUT2D eigenvalue weighted by molar-refractivity contribution is 0.439. The average Bonchev–Trinajstić information content (AvgIpc) is 2.74. The van der Waals surface area contributed by atoms with E-state index in [9.17, 15) is 13.6 Å². The Morgan fingerprint density at radius 1 is 1.10 bits per heavy atom. The van der Waals surface area contributed by atoms with Gasteiger partial charge in [0.25, 0.3) is 5.56 Å². The molecule has 1 aliphatic carbocycles. The van der Waals surface area contributed by atoms with Crippen LogP contribution in [0.3, 0.4) is 0 Å². The van der Waals surface area contributed by atoms with Gasteiger partial charge in [0.05, 0.1) is 11.9 Å². The van der Waals surface area contributed by atoms with Crippen molar-refractivity contribution in [1.29, 1.82) is 0 Å². The van der Waals surface area contributed by atoms with Crippen LogP contribution >= 0.6 is 11.6 Å². The summed E-state index contributed by atoms with van der Waals surface area (Å²) in [4.78, 5) is 13.6. The van der Waals surface area contributed by atoms with Crippen molar-refractivity contribution in [2.24, 2.45) is 0 Å². The first-order chi connectivity index (χ1) is 14.5. The molecule has 1 saturated carbocycles. The van der Waals surface area contributed by atoms with Crippen LogP contribution in [0.5, 0.6) is 0 Å². The molecule has 0 bridgehead atoms. The summed E-state index contributed by atoms with van der Waals surface area (Å²) in [6, 6.07) is 14.4. The zero-order chi connectivity index (χ0) is 21.1. The summed E-state index contributed by atoms with van der Waals surface area (Å²) >= 11 is 3.99. The van der Waals surface area contributed by atoms with E-state index in [1.54, 1.807) is 36.5 Å². The van der Waals surface area contributed by atoms with E-state index in [2.05, 4.69) is 5.10 Å². The molecule has 0 N–H and O–H groups in total. The molecule has 156 valence electrons. The molecule has 1 aliphatic rings. The molecule has 0 aliphatic heterocycles. The summed E-state index contributed by atoms with van der Waals surface area (Å²) in [6.45, 7) is 0. The molecule has 1 heterocycles. The molecule has 1 aromatic heterocycles. The van der Waals surface area contributed by atoms with Crippen LogP contribution in [0.1, 0.15) is 49.1 Å². The Labute approximate surface area is 183 Å². The second kappa shape index (κ2) is 9.25. The molecule has 7 heteroatoms. The molecule has 1 atom stereocenters. The number of aromatic nitrogens is 2. The maximum atomic E-state index is 13.6. The monoisotopic (exact) mass is 441 g/mol. The lowest BCUT2D eigenvalue weighted by Gasteiger charge is -2.24. The van der Waals surface area contributed by atoms with E-state index in [0.717, 1.165) is 42.4 Å². The Hall–Kier alpha value is -2.28. The van der Waals surface area contributed by atoms with Crippen LogP contribution in [-0.4, -0.2) is 18.5 Å². The van der Waals surface area contributed by atoms with E-state index in [0.29, 0.717) is 16.3 Å². The number of nitrogens with zero attached hydrogens (tertiary/aromatic N) is 2. The molecular weight excluding hydrogens is 420 g/mol. The van der Waals surface area contributed by atoms with Crippen LogP contribution in [0, 0.1) is 0 Å². The Bertz CT molecular complexity index is 1120. The van der Waals surface area contributed by atoms with Crippen molar-refractivity contribution in [3.63, 3.8) is 0 Å². The van der Waals surface area contributed by atoms with Crippen molar-refractivity contribution < 1.29 is 8.76 Å². The summed E-state index contributed by atoms with van der Waals surface area (Å²) in [5, 5.41) is 4.99. The number of rotatable bonds is 5. The topological polar surface area (TPSA) is 75.0 Å². The number of benzene rings is 2. The van der Waals surface area contributed by atoms with Gasteiger partial charge in [-0.2, -0.15) is 9.78 Å². The summed E-state index contributed by atoms with van der Waals surface area (Å²) in [5.74, 6) is 0.160. The van der Waals surface area contributed by atoms with E-state index in [4.69, 9.17) is 11.6 Å². The maximum absolute atomic E-state index is 13.6. The van der Waals surface area contributed by atoms with Crippen molar-refractivity contribution in [2.45, 2.75) is 43.8 Å². The normalized spacial score (nSPS) is 15.8. The van der Waals surface area contributed by atoms with Gasteiger partial charge in [-0.3, -0.25) is 9.00 Å². The molecule has 0 saturated heterocycles. The van der Waals surface area contributed by atoms with Crippen LogP contribution in [0.2, 0.25) is 5.02 Å². The second-order valence-electron chi connectivity index (χ2n) is 7.65. The minimum atomic E-state index is -2.13. The first-order valence-electron chi connectivity index (χ1n) is 10.1. The quantitative estimate of drug-likeness (QED) is 0.523. The summed E-state index contributed by atoms with van der Waals surface area (Å²) in [6.07, 6.45) is 7.12. The van der Waals surface area contributed by atoms with Crippen LogP contribution in [0.4, 0.5) is 0 Å². The SMILES string of the molecule is O=c1c(C2CCCCC2)c(-c2ccc(CS(=O)[O-])cc2)cnn1-c1cccc(Cl)c1. The third-order valence-corrected chi connectivity index (χ3v) is 6.44. The Kier molecular flexibility index (Phi) is 6.46. The molecule has 5 nitrogen and oxygen atoms in total. The highest BCUT2D eigenvalue weighted by molar-refractivity contribution is 7.78. The minimum Gasteiger partial charge on any atom is -0.772 e. The third kappa shape index (κ3) is 4.56. The van der Waals surface area contributed by atoms with Gasteiger partial charge in [-0.05, 0) is 48.1 Å². The van der Waals surface area contributed by atoms with Crippen molar-refractivity contribution in [3.05, 3.63) is 81.2 Å². The molecule has 30 heavy (non-hydrogen) atoms. The predicted octanol–water partition coefficient (Wildman–Crippen LogP) is 4.98. The predicted molar refractivity (Wildman–Crippen MR) is 119 cm³/mol. The van der Waals surface area contributed by atoms with Gasteiger partial charge in [0, 0.05) is 21.9 Å². The number of halogens is 1. The summed E-state index contributed by atoms with van der Waals surface area (Å²) in [5.41, 5.74) is 3.71. The van der Waals surface area contributed by atoms with E-state index in [1.165, 1.54) is 11.1 Å². The fourth-order valence-electron chi connectivity index (χ4n) is 4.19. The zero-order valence-electron chi connectivity index (χ0n) is 16.4. The second-order valence-corrected chi connectivity index (χ2v) is 8.98. The van der Waals surface area contributed by atoms with Crippen LogP contribution < -0.4 is 5.56 Å². The van der Waals surface area contributed by atoms with Crippen molar-refractivity contribution >= 4 is 22.7 Å². The fourth-order valence-corrected chi connectivity index (χ4v) is 4.84. The highest BCUT2D eigenvalue weighted by atomic mass is 35.5. The number of hydrogen-bond acceptors (Lipinski definition) is 4. The van der Waals surface area contributed by atoms with Gasteiger partial charge in [-0.1, -0.05) is 72.3 Å². The minimum absolute atomic E-state index is 0.0234. The largest absolute Gasteiger partial charge is 0.772 e. The van der Waals surface area contributed by atoms with Crippen molar-refractivity contribution in [1.82, 2.24) is 9.78 Å². The summed E-state index contributed by atoms with van der Waals surface area (Å²) in [7, 11) is 0. The molecule has 1 unspecified atom stereocenters. The van der Waals surface area contributed by atoms with Crippen molar-refractivity contribution in [2.75, 3.05) is 0 Å². The molecular formula is C23H22ClN2O3S-. The Morgan fingerprint density at radius 2 is 1.83 bits per heavy atom. The molecule has 3 aromatic rings. The van der Waals surface area contributed by atoms with Gasteiger partial charge < -0.3 is 4.55 Å². The van der Waals surface area contributed by atoms with E-state index < -0.39 is 11.1 Å². The van der Waals surface area contributed by atoms with Gasteiger partial charge >= 0.3 is 0 Å². The molecule has 4 rings (SSSR count). The van der Waals surface area contributed by atoms with Crippen LogP contribution in [0.25, 0.3) is 16.8 Å². The Balaban J connectivity index is 1.83. The van der Waals surface area contributed by atoms with Gasteiger partial charge in [0.1, 0.15) is 0 Å². The molecule has 0 amide bonds. The summed E-state index contributed by atoms with van der Waals surface area (Å²) < 4.78 is 23.3. The first kappa shape index (κ1) is 21.0. The van der Waals surface area contributed by atoms with Gasteiger partial charge in [0.2, 0.25) is 0 Å². The van der Waals surface area contributed by atoms with E-state index in [1.807, 2.05) is 18.2 Å². The standard InChI is InChI=1S/C23H23ClN2O3S/c24-19-7-4-8-20(13-19)26-23(27)22(18-5-2-1-3-6-18)21(14-25-26)17-11-9-16(10-12-17)15-30(28)29/h4,7-14,18H,1-3,5-6,15H2,(H,28,29)/p-1. The third-order valence-electron chi connectivity index (χ3n) is 5.63. The number of hydrogen-bond donors (Lipinski definition) is 0.